The second kappa shape index (κ2) is 5.01. The highest BCUT2D eigenvalue weighted by Gasteiger charge is 2.34. The Morgan fingerprint density at radius 2 is 1.91 bits per heavy atom. The first-order valence-corrected chi connectivity index (χ1v) is 8.15. The first kappa shape index (κ1) is 15.4. The monoisotopic (exact) mass is 342 g/mol. The van der Waals surface area contributed by atoms with Gasteiger partial charge in [0.15, 0.2) is 0 Å². The Hall–Kier alpha value is -2.49. The number of aromatic nitrogens is 4. The summed E-state index contributed by atoms with van der Waals surface area (Å²) in [4.78, 5) is 7.52. The highest BCUT2D eigenvalue weighted by atomic mass is 32.2. The summed E-state index contributed by atoms with van der Waals surface area (Å²) in [6.45, 7) is 0. The number of alkyl halides is 3. The molecule has 0 aliphatic rings. The smallest absolute Gasteiger partial charge is 0.275 e. The maximum Gasteiger partial charge on any atom is 0.418 e. The van der Waals surface area contributed by atoms with Gasteiger partial charge in [-0.1, -0.05) is 12.1 Å². The highest BCUT2D eigenvalue weighted by Crippen LogP contribution is 2.36. The Morgan fingerprint density at radius 1 is 1.17 bits per heavy atom. The number of aromatic amines is 1. The zero-order chi connectivity index (χ0) is 16.8. The molecule has 120 valence electrons. The number of halogens is 3. The van der Waals surface area contributed by atoms with E-state index in [0.717, 1.165) is 12.3 Å². The molecule has 0 bridgehead atoms. The maximum atomic E-state index is 13.0. The van der Waals surface area contributed by atoms with Gasteiger partial charge in [-0.05, 0) is 12.1 Å². The molecule has 0 spiro atoms. The van der Waals surface area contributed by atoms with Gasteiger partial charge in [0, 0.05) is 17.8 Å². The summed E-state index contributed by atoms with van der Waals surface area (Å²) in [7, 11) is -3.64. The molecule has 0 radical (unpaired) electrons. The molecule has 0 fully saturated rings. The molecule has 10 heteroatoms. The summed E-state index contributed by atoms with van der Waals surface area (Å²) in [6, 6.07) is 5.02. The van der Waals surface area contributed by atoms with Crippen molar-refractivity contribution in [2.24, 2.45) is 0 Å². The van der Waals surface area contributed by atoms with E-state index in [0.29, 0.717) is 0 Å². The number of H-pyrrole nitrogens is 1. The third-order valence-electron chi connectivity index (χ3n) is 3.11. The van der Waals surface area contributed by atoms with Gasteiger partial charge in [0.25, 0.3) is 0 Å². The van der Waals surface area contributed by atoms with Crippen LogP contribution >= 0.6 is 0 Å². The van der Waals surface area contributed by atoms with E-state index >= 15 is 0 Å². The molecule has 0 aliphatic heterocycles. The van der Waals surface area contributed by atoms with Crippen LogP contribution in [0.5, 0.6) is 0 Å². The number of hydrogen-bond donors (Lipinski definition) is 1. The van der Waals surface area contributed by atoms with Crippen LogP contribution in [0.2, 0.25) is 0 Å². The van der Waals surface area contributed by atoms with Crippen LogP contribution in [0, 0.1) is 0 Å². The quantitative estimate of drug-likeness (QED) is 0.723. The number of para-hydroxylation sites is 1. The fourth-order valence-electron chi connectivity index (χ4n) is 2.12. The number of nitrogens with zero attached hydrogens (tertiary/aromatic N) is 3. The largest absolute Gasteiger partial charge is 0.418 e. The minimum atomic E-state index is -4.55. The van der Waals surface area contributed by atoms with Gasteiger partial charge in [-0.2, -0.15) is 18.3 Å². The average molecular weight is 342 g/mol. The predicted octanol–water partition coefficient (Wildman–Crippen LogP) is 2.44. The molecule has 23 heavy (non-hydrogen) atoms. The molecule has 1 aromatic carbocycles. The van der Waals surface area contributed by atoms with E-state index < -0.39 is 26.7 Å². The Kier molecular flexibility index (Phi) is 3.36. The minimum Gasteiger partial charge on any atom is -0.275 e. The molecule has 0 amide bonds. The third-order valence-corrected chi connectivity index (χ3v) is 3.97. The number of nitrogens with one attached hydrogen (secondary N) is 1. The van der Waals surface area contributed by atoms with Crippen molar-refractivity contribution in [3.63, 3.8) is 0 Å². The Labute approximate surface area is 128 Å². The maximum absolute atomic E-state index is 13.0. The molecule has 0 unspecified atom stereocenters. The Morgan fingerprint density at radius 3 is 2.57 bits per heavy atom. The standard InChI is InChI=1S/C13H9F3N4O2S/c1-23(21,22)12-17-6-5-9(18-12)11-7-3-2-4-8(13(14,15)16)10(7)19-20-11/h2-6H,1H3,(H,19,20). The van der Waals surface area contributed by atoms with Gasteiger partial charge in [-0.25, -0.2) is 18.4 Å². The van der Waals surface area contributed by atoms with Crippen molar-refractivity contribution in [1.29, 1.82) is 0 Å². The first-order valence-electron chi connectivity index (χ1n) is 6.25. The SMILES string of the molecule is CS(=O)(=O)c1nccc(-c2[nH]nc3c(C(F)(F)F)cccc23)n1. The van der Waals surface area contributed by atoms with Crippen molar-refractivity contribution < 1.29 is 21.6 Å². The van der Waals surface area contributed by atoms with E-state index in [9.17, 15) is 21.6 Å². The van der Waals surface area contributed by atoms with Crippen LogP contribution in [0.1, 0.15) is 5.56 Å². The van der Waals surface area contributed by atoms with E-state index in [1.807, 2.05) is 0 Å². The zero-order valence-electron chi connectivity index (χ0n) is 11.6. The number of rotatable bonds is 2. The molecule has 0 saturated carbocycles. The lowest BCUT2D eigenvalue weighted by Crippen LogP contribution is -2.05. The lowest BCUT2D eigenvalue weighted by Gasteiger charge is -2.06. The predicted molar refractivity (Wildman–Crippen MR) is 75.2 cm³/mol. The fraction of sp³-hybridized carbons (Fsp3) is 0.154. The number of sulfone groups is 1. The van der Waals surface area contributed by atoms with Crippen LogP contribution in [0.25, 0.3) is 22.3 Å². The molecule has 6 nitrogen and oxygen atoms in total. The van der Waals surface area contributed by atoms with Crippen LogP contribution in [-0.4, -0.2) is 34.8 Å². The van der Waals surface area contributed by atoms with Gasteiger partial charge in [0.2, 0.25) is 15.0 Å². The van der Waals surface area contributed by atoms with E-state index in [4.69, 9.17) is 0 Å². The van der Waals surface area contributed by atoms with Crippen molar-refractivity contribution in [2.75, 3.05) is 6.26 Å². The van der Waals surface area contributed by atoms with Crippen LogP contribution in [0.4, 0.5) is 13.2 Å². The third kappa shape index (κ3) is 2.77. The van der Waals surface area contributed by atoms with E-state index in [1.54, 1.807) is 0 Å². The van der Waals surface area contributed by atoms with Crippen molar-refractivity contribution in [1.82, 2.24) is 20.2 Å². The summed E-state index contributed by atoms with van der Waals surface area (Å²) >= 11 is 0. The van der Waals surface area contributed by atoms with Crippen LogP contribution in [0.3, 0.4) is 0 Å². The van der Waals surface area contributed by atoms with Gasteiger partial charge in [-0.15, -0.1) is 0 Å². The lowest BCUT2D eigenvalue weighted by molar-refractivity contribution is -0.136. The summed E-state index contributed by atoms with van der Waals surface area (Å²) in [5, 5.41) is 5.96. The first-order chi connectivity index (χ1) is 10.7. The van der Waals surface area contributed by atoms with E-state index in [2.05, 4.69) is 20.2 Å². The van der Waals surface area contributed by atoms with Crippen molar-refractivity contribution in [3.05, 3.63) is 36.0 Å². The molecule has 0 saturated heterocycles. The van der Waals surface area contributed by atoms with Crippen molar-refractivity contribution >= 4 is 20.7 Å². The van der Waals surface area contributed by atoms with Crippen LogP contribution in [-0.2, 0) is 16.0 Å². The molecule has 0 atom stereocenters. The molecule has 0 aliphatic carbocycles. The summed E-state index contributed by atoms with van der Waals surface area (Å²) in [6.07, 6.45) is -2.38. The van der Waals surface area contributed by atoms with Crippen molar-refractivity contribution in [3.8, 4) is 11.4 Å². The van der Waals surface area contributed by atoms with Gasteiger partial charge < -0.3 is 0 Å². The number of fused-ring (bicyclic) bond motifs is 1. The van der Waals surface area contributed by atoms with E-state index in [1.165, 1.54) is 24.4 Å². The molecule has 3 rings (SSSR count). The summed E-state index contributed by atoms with van der Waals surface area (Å²) < 4.78 is 62.0. The molecular formula is C13H9F3N4O2S. The Bertz CT molecular complexity index is 996. The molecule has 2 heterocycles. The van der Waals surface area contributed by atoms with E-state index in [-0.39, 0.29) is 22.3 Å². The van der Waals surface area contributed by atoms with Crippen LogP contribution in [0.15, 0.2) is 35.6 Å². The second-order valence-electron chi connectivity index (χ2n) is 4.79. The van der Waals surface area contributed by atoms with Gasteiger partial charge in [0.05, 0.1) is 17.0 Å². The van der Waals surface area contributed by atoms with Crippen molar-refractivity contribution in [2.45, 2.75) is 11.3 Å². The second-order valence-corrected chi connectivity index (χ2v) is 6.70. The lowest BCUT2D eigenvalue weighted by atomic mass is 10.1. The van der Waals surface area contributed by atoms with Gasteiger partial charge >= 0.3 is 6.18 Å². The molecule has 3 aromatic rings. The summed E-state index contributed by atoms with van der Waals surface area (Å²) in [5.41, 5.74) is -0.801. The van der Waals surface area contributed by atoms with Gasteiger partial charge in [0.1, 0.15) is 5.52 Å². The molecule has 2 aromatic heterocycles. The van der Waals surface area contributed by atoms with Gasteiger partial charge in [-0.3, -0.25) is 5.10 Å². The number of hydrogen-bond acceptors (Lipinski definition) is 5. The Balaban J connectivity index is 2.23. The topological polar surface area (TPSA) is 88.6 Å². The number of benzene rings is 1. The molecular weight excluding hydrogens is 333 g/mol. The average Bonchev–Trinajstić information content (AvgIpc) is 2.89. The van der Waals surface area contributed by atoms with Crippen LogP contribution < -0.4 is 0 Å². The summed E-state index contributed by atoms with van der Waals surface area (Å²) in [5.74, 6) is 0. The minimum absolute atomic E-state index is 0.141. The fourth-order valence-corrected chi connectivity index (χ4v) is 2.64. The normalized spacial score (nSPS) is 12.7. The zero-order valence-corrected chi connectivity index (χ0v) is 12.4. The molecule has 1 N–H and O–H groups in total. The highest BCUT2D eigenvalue weighted by molar-refractivity contribution is 7.90.